The fourth-order valence-corrected chi connectivity index (χ4v) is 14.3. The molecule has 3 heterocycles. The Morgan fingerprint density at radius 3 is 1.60 bits per heavy atom. The second kappa shape index (κ2) is 27.1. The minimum atomic E-state index is -1.96. The molecule has 3 aliphatic heterocycles. The first-order valence-electron chi connectivity index (χ1n) is 23.7. The van der Waals surface area contributed by atoms with Crippen molar-refractivity contribution in [1.29, 1.82) is 0 Å². The molecule has 1 amide bonds. The van der Waals surface area contributed by atoms with Crippen molar-refractivity contribution in [1.82, 2.24) is 5.32 Å². The molecule has 0 bridgehead atoms. The van der Waals surface area contributed by atoms with Crippen LogP contribution in [0.25, 0.3) is 0 Å². The monoisotopic (exact) mass is 1150 g/mol. The van der Waals surface area contributed by atoms with Crippen LogP contribution in [-0.2, 0) is 97.2 Å². The summed E-state index contributed by atoms with van der Waals surface area (Å²) in [5.74, 6) is -1.82. The molecule has 7 rings (SSSR count). The number of carbonyl (C=O) groups excluding carboxylic acids is 1. The van der Waals surface area contributed by atoms with Crippen LogP contribution in [0.5, 0.6) is 0 Å². The molecule has 4 N–H and O–H groups in total. The van der Waals surface area contributed by atoms with Crippen LogP contribution in [0.4, 0.5) is 0 Å². The standard InChI is InChI=1S/C52H66NO13.ClH.Hg/c1-33-48(63-32-58-4)47(57)40(42(64-33)26-41-45(53-35(3)55)52(66-44(27-54)46(41)56)62-31-39-23-15-8-16-24-39)25-43-50(60-29-37-19-11-6-12-20-37)51(61-30-38-21-13-7-14-22-38)49(34(2)65-43)59-28-36-17-9-5-10-18-36;;/h5-24,33-34,40-52,54,56-57H,1,25-32H2,2-4H3,(H,53,55);1H;/q;;+1/p-1/t33-,34-,40-,41+,42-,43-,44+,45+,46-,47+,48+,49+,50+,51+,52-;;/m0../s1. The molecule has 16 heteroatoms. The van der Waals surface area contributed by atoms with Gasteiger partial charge in [0.1, 0.15) is 0 Å². The number of ether oxygens (including phenoxy) is 9. The number of carbonyl (C=O) groups is 1. The van der Waals surface area contributed by atoms with Gasteiger partial charge in [0.25, 0.3) is 0 Å². The first kappa shape index (κ1) is 52.9. The van der Waals surface area contributed by atoms with Crippen molar-refractivity contribution < 1.29 is 86.1 Å². The molecule has 0 unspecified atom stereocenters. The molecule has 4 aromatic carbocycles. The fraction of sp³-hybridized carbons (Fsp3) is 0.519. The molecule has 68 heavy (non-hydrogen) atoms. The van der Waals surface area contributed by atoms with Crippen LogP contribution in [0.2, 0.25) is 3.93 Å². The first-order valence-corrected chi connectivity index (χ1v) is 34.3. The summed E-state index contributed by atoms with van der Waals surface area (Å²) in [4.78, 5) is 12.9. The Morgan fingerprint density at radius 2 is 1.10 bits per heavy atom. The zero-order chi connectivity index (χ0) is 47.8. The molecule has 3 fully saturated rings. The van der Waals surface area contributed by atoms with Crippen LogP contribution >= 0.6 is 8.25 Å². The van der Waals surface area contributed by atoms with Crippen molar-refractivity contribution in [3.63, 3.8) is 0 Å². The maximum absolute atomic E-state index is 12.9. The quantitative estimate of drug-likeness (QED) is 0.0496. The van der Waals surface area contributed by atoms with Gasteiger partial charge < -0.3 is 0 Å². The van der Waals surface area contributed by atoms with E-state index in [0.717, 1.165) is 22.3 Å². The second-order valence-electron chi connectivity index (χ2n) is 17.9. The molecular formula is C52H66ClHgNO13. The van der Waals surface area contributed by atoms with Gasteiger partial charge in [0.15, 0.2) is 0 Å². The molecule has 0 saturated carbocycles. The van der Waals surface area contributed by atoms with Crippen molar-refractivity contribution >= 4 is 14.2 Å². The van der Waals surface area contributed by atoms with Gasteiger partial charge in [-0.3, -0.25) is 0 Å². The summed E-state index contributed by atoms with van der Waals surface area (Å²) in [5, 5.41) is 38.3. The predicted molar refractivity (Wildman–Crippen MR) is 248 cm³/mol. The van der Waals surface area contributed by atoms with Gasteiger partial charge in [-0.25, -0.2) is 0 Å². The summed E-state index contributed by atoms with van der Waals surface area (Å²) in [5.41, 5.74) is 3.81. The number of nitrogens with one attached hydrogen (secondary N) is 1. The van der Waals surface area contributed by atoms with Crippen molar-refractivity contribution in [2.24, 2.45) is 11.8 Å². The molecule has 3 aliphatic rings. The Hall–Kier alpha value is -2.90. The fourth-order valence-electron chi connectivity index (χ4n) is 9.81. The number of aliphatic hydroxyl groups excluding tert-OH is 3. The van der Waals surface area contributed by atoms with Gasteiger partial charge in [-0.2, -0.15) is 0 Å². The van der Waals surface area contributed by atoms with Gasteiger partial charge in [-0.05, 0) is 5.56 Å². The summed E-state index contributed by atoms with van der Waals surface area (Å²) in [6.07, 6.45) is -9.33. The van der Waals surface area contributed by atoms with Gasteiger partial charge in [0.05, 0.1) is 0 Å². The van der Waals surface area contributed by atoms with Crippen LogP contribution < -0.4 is 5.32 Å². The Labute approximate surface area is 415 Å². The van der Waals surface area contributed by atoms with Crippen LogP contribution in [-0.4, -0.2) is 121 Å². The molecule has 366 valence electrons. The average molecular weight is 1150 g/mol. The molecule has 3 saturated heterocycles. The minimum absolute atomic E-state index is 0.0876. The molecule has 14 nitrogen and oxygen atoms in total. The number of benzene rings is 4. The van der Waals surface area contributed by atoms with Gasteiger partial charge in [0.2, 0.25) is 0 Å². The summed E-state index contributed by atoms with van der Waals surface area (Å²) < 4.78 is 59.3. The van der Waals surface area contributed by atoms with Gasteiger partial charge in [0, 0.05) is 0 Å². The van der Waals surface area contributed by atoms with E-state index in [4.69, 9.17) is 50.9 Å². The van der Waals surface area contributed by atoms with E-state index in [1.54, 1.807) is 0 Å². The topological polar surface area (TPSA) is 173 Å². The van der Waals surface area contributed by atoms with E-state index < -0.39 is 121 Å². The van der Waals surface area contributed by atoms with E-state index in [1.807, 2.05) is 128 Å². The molecule has 0 spiro atoms. The number of aliphatic hydroxyl groups is 3. The Morgan fingerprint density at radius 1 is 0.603 bits per heavy atom. The Kier molecular flexibility index (Phi) is 21.1. The SMILES string of the molecule is COCO[C@H]1[C@H](O)[C@@H](C[C@@H]2O[C@@H](C)[C@@H](OCc3ccccc3)[C@@H](OCc3ccccc3)[C@@H]2OCc2ccccc2)[C@H](C[C@H]2[C@H](O)[C@@H](CO)O[C@H](OCc3ccccc3)[C@@H]2NC(C)=O)O[C@H]1[CH2][Hg][Cl]. The van der Waals surface area contributed by atoms with E-state index in [1.165, 1.54) is 14.0 Å². The van der Waals surface area contributed by atoms with Gasteiger partial charge >= 0.3 is 315 Å². The zero-order valence-electron chi connectivity index (χ0n) is 39.1. The van der Waals surface area contributed by atoms with Crippen LogP contribution in [0.3, 0.4) is 0 Å². The maximum atomic E-state index is 12.9. The number of methoxy groups -OCH3 is 1. The molecule has 0 radical (unpaired) electrons. The number of hydrogen-bond acceptors (Lipinski definition) is 13. The molecule has 4 aromatic rings. The van der Waals surface area contributed by atoms with Crippen LogP contribution in [0, 0.1) is 11.8 Å². The summed E-state index contributed by atoms with van der Waals surface area (Å²) in [6, 6.07) is 38.4. The number of halogens is 1. The Balaban J connectivity index is 1.24. The average Bonchev–Trinajstić information content (AvgIpc) is 3.35. The van der Waals surface area contributed by atoms with Crippen molar-refractivity contribution in [3.05, 3.63) is 144 Å². The summed E-state index contributed by atoms with van der Waals surface area (Å²) >= 11 is -1.96. The zero-order valence-corrected chi connectivity index (χ0v) is 45.3. The number of amides is 1. The first-order chi connectivity index (χ1) is 33.2. The predicted octanol–water partition coefficient (Wildman–Crippen LogP) is 6.11. The molecular weight excluding hydrogens is 1080 g/mol. The van der Waals surface area contributed by atoms with E-state index in [0.29, 0.717) is 10.5 Å². The molecule has 0 aliphatic carbocycles. The van der Waals surface area contributed by atoms with Crippen LogP contribution in [0.1, 0.15) is 48.9 Å². The third-order valence-electron chi connectivity index (χ3n) is 13.2. The third-order valence-corrected chi connectivity index (χ3v) is 18.1. The number of hydrogen-bond donors (Lipinski definition) is 4. The Bertz CT molecular complexity index is 2050. The molecule has 15 atom stereocenters. The van der Waals surface area contributed by atoms with E-state index in [-0.39, 0.29) is 45.4 Å². The van der Waals surface area contributed by atoms with E-state index in [2.05, 4.69) is 5.32 Å². The number of rotatable bonds is 23. The van der Waals surface area contributed by atoms with Crippen molar-refractivity contribution in [2.45, 2.75) is 137 Å². The summed E-state index contributed by atoms with van der Waals surface area (Å²) in [6.45, 7) is 3.76. The van der Waals surface area contributed by atoms with E-state index in [9.17, 15) is 20.1 Å². The van der Waals surface area contributed by atoms with E-state index >= 15 is 0 Å². The van der Waals surface area contributed by atoms with Gasteiger partial charge in [-0.1, -0.05) is 97.1 Å². The summed E-state index contributed by atoms with van der Waals surface area (Å²) in [7, 11) is 8.13. The van der Waals surface area contributed by atoms with Crippen molar-refractivity contribution in [3.8, 4) is 0 Å². The van der Waals surface area contributed by atoms with Gasteiger partial charge in [-0.15, -0.1) is 0 Å². The normalized spacial score (nSPS) is 31.7. The van der Waals surface area contributed by atoms with Crippen LogP contribution in [0.15, 0.2) is 121 Å². The van der Waals surface area contributed by atoms with Crippen molar-refractivity contribution in [2.75, 3.05) is 20.5 Å². The third kappa shape index (κ3) is 14.4. The molecule has 0 aromatic heterocycles. The second-order valence-corrected chi connectivity index (χ2v) is 25.0.